The third-order valence-corrected chi connectivity index (χ3v) is 6.96. The van der Waals surface area contributed by atoms with E-state index >= 15 is 0 Å². The molecule has 0 atom stereocenters. The maximum atomic E-state index is 12.7. The summed E-state index contributed by atoms with van der Waals surface area (Å²) in [6.07, 6.45) is 1.73. The molecule has 1 aliphatic heterocycles. The molecule has 0 spiro atoms. The summed E-state index contributed by atoms with van der Waals surface area (Å²) in [5, 5.41) is 10.7. The highest BCUT2D eigenvalue weighted by Gasteiger charge is 2.19. The van der Waals surface area contributed by atoms with E-state index < -0.39 is 0 Å². The molecule has 0 saturated carbocycles. The van der Waals surface area contributed by atoms with Crippen LogP contribution in [0, 0.1) is 5.41 Å². The molecule has 1 aliphatic rings. The third kappa shape index (κ3) is 4.04. The van der Waals surface area contributed by atoms with Crippen molar-refractivity contribution in [3.8, 4) is 16.9 Å². The van der Waals surface area contributed by atoms with Crippen LogP contribution < -0.4 is 15.1 Å². The molecule has 0 amide bonds. The minimum Gasteiger partial charge on any atom is -0.497 e. The van der Waals surface area contributed by atoms with Crippen molar-refractivity contribution < 1.29 is 13.9 Å². The molecular formula is C27H24N2O4S. The average molecular weight is 473 g/mol. The molecule has 172 valence electrons. The van der Waals surface area contributed by atoms with E-state index in [0.717, 1.165) is 33.6 Å². The standard InChI is InChI=1S/C27H24N2O4S/c1-3-17-14-20(31-2)8-9-21(17)25(28)19-6-4-18(5-7-19)22-16-34-27-23(30)15-24(33-26(22)27)29-10-12-32-13-11-29/h3-9,14-16,28H,1,10-13H2,2H3. The van der Waals surface area contributed by atoms with Crippen molar-refractivity contribution in [3.05, 3.63) is 87.4 Å². The number of hydrogen-bond donors (Lipinski definition) is 1. The Morgan fingerprint density at radius 1 is 1.15 bits per heavy atom. The molecule has 4 aromatic rings. The lowest BCUT2D eigenvalue weighted by molar-refractivity contribution is 0.121. The third-order valence-electron chi connectivity index (χ3n) is 5.99. The number of rotatable bonds is 6. The summed E-state index contributed by atoms with van der Waals surface area (Å²) in [4.78, 5) is 14.8. The maximum absolute atomic E-state index is 12.7. The van der Waals surface area contributed by atoms with Gasteiger partial charge in [-0.15, -0.1) is 11.3 Å². The molecule has 1 N–H and O–H groups in total. The monoisotopic (exact) mass is 472 g/mol. The Bertz CT molecular complexity index is 1430. The van der Waals surface area contributed by atoms with Crippen molar-refractivity contribution in [2.75, 3.05) is 38.3 Å². The normalized spacial score (nSPS) is 13.7. The fourth-order valence-electron chi connectivity index (χ4n) is 4.11. The Hall–Kier alpha value is -3.68. The number of ether oxygens (including phenoxy) is 2. The minimum absolute atomic E-state index is 0.0335. The Labute approximate surface area is 201 Å². The van der Waals surface area contributed by atoms with Crippen LogP contribution in [0.5, 0.6) is 5.75 Å². The van der Waals surface area contributed by atoms with Crippen LogP contribution in [0.4, 0.5) is 5.88 Å². The van der Waals surface area contributed by atoms with Crippen LogP contribution in [-0.4, -0.2) is 39.1 Å². The van der Waals surface area contributed by atoms with Crippen LogP contribution >= 0.6 is 11.3 Å². The molecule has 0 bridgehead atoms. The highest BCUT2D eigenvalue weighted by molar-refractivity contribution is 7.17. The van der Waals surface area contributed by atoms with Gasteiger partial charge in [0.2, 0.25) is 5.43 Å². The number of benzene rings is 2. The Morgan fingerprint density at radius 2 is 1.91 bits per heavy atom. The van der Waals surface area contributed by atoms with Gasteiger partial charge in [0.25, 0.3) is 0 Å². The molecule has 6 nitrogen and oxygen atoms in total. The minimum atomic E-state index is -0.0335. The predicted molar refractivity (Wildman–Crippen MR) is 138 cm³/mol. The van der Waals surface area contributed by atoms with E-state index in [1.54, 1.807) is 19.3 Å². The molecule has 0 radical (unpaired) electrons. The number of nitrogens with one attached hydrogen (secondary N) is 1. The largest absolute Gasteiger partial charge is 0.497 e. The van der Waals surface area contributed by atoms with Crippen LogP contribution in [-0.2, 0) is 4.74 Å². The quantitative estimate of drug-likeness (QED) is 0.379. The molecule has 2 aromatic heterocycles. The number of fused-ring (bicyclic) bond motifs is 1. The lowest BCUT2D eigenvalue weighted by Gasteiger charge is -2.27. The summed E-state index contributed by atoms with van der Waals surface area (Å²) in [5.41, 5.74) is 5.19. The van der Waals surface area contributed by atoms with E-state index in [2.05, 4.69) is 6.58 Å². The van der Waals surface area contributed by atoms with E-state index in [4.69, 9.17) is 19.3 Å². The van der Waals surface area contributed by atoms with Gasteiger partial charge in [0.15, 0.2) is 11.5 Å². The number of hydrogen-bond acceptors (Lipinski definition) is 7. The summed E-state index contributed by atoms with van der Waals surface area (Å²) in [5.74, 6) is 1.30. The molecule has 5 rings (SSSR count). The van der Waals surface area contributed by atoms with Crippen LogP contribution in [0.1, 0.15) is 16.7 Å². The predicted octanol–water partition coefficient (Wildman–Crippen LogP) is 5.43. The first-order valence-corrected chi connectivity index (χ1v) is 11.8. The molecule has 1 fully saturated rings. The summed E-state index contributed by atoms with van der Waals surface area (Å²) in [6.45, 7) is 6.50. The molecule has 7 heteroatoms. The topological polar surface area (TPSA) is 75.8 Å². The summed E-state index contributed by atoms with van der Waals surface area (Å²) >= 11 is 1.39. The highest BCUT2D eigenvalue weighted by atomic mass is 32.1. The fraction of sp³-hybridized carbons (Fsp3) is 0.185. The van der Waals surface area contributed by atoms with Crippen molar-refractivity contribution in [1.29, 1.82) is 5.41 Å². The van der Waals surface area contributed by atoms with Gasteiger partial charge in [-0.3, -0.25) is 10.2 Å². The second-order valence-corrected chi connectivity index (χ2v) is 8.85. The second kappa shape index (κ2) is 9.29. The SMILES string of the molecule is C=Cc1cc(OC)ccc1C(=N)c1ccc(-c2csc3c(=O)cc(N4CCOCC4)oc23)cc1. The van der Waals surface area contributed by atoms with E-state index in [1.807, 2.05) is 52.7 Å². The second-order valence-electron chi connectivity index (χ2n) is 7.97. The van der Waals surface area contributed by atoms with Gasteiger partial charge < -0.3 is 18.8 Å². The van der Waals surface area contributed by atoms with Crippen molar-refractivity contribution >= 4 is 39.3 Å². The van der Waals surface area contributed by atoms with Crippen molar-refractivity contribution in [1.82, 2.24) is 0 Å². The number of anilines is 1. The summed E-state index contributed by atoms with van der Waals surface area (Å²) in [7, 11) is 1.62. The van der Waals surface area contributed by atoms with E-state index in [1.165, 1.54) is 11.3 Å². The van der Waals surface area contributed by atoms with Crippen molar-refractivity contribution in [2.45, 2.75) is 0 Å². The first kappa shape index (κ1) is 22.1. The number of methoxy groups -OCH3 is 1. The smallest absolute Gasteiger partial charge is 0.204 e. The van der Waals surface area contributed by atoms with E-state index in [-0.39, 0.29) is 5.43 Å². The van der Waals surface area contributed by atoms with Crippen LogP contribution in [0.2, 0.25) is 0 Å². The molecule has 2 aromatic carbocycles. The van der Waals surface area contributed by atoms with Gasteiger partial charge in [0, 0.05) is 41.2 Å². The molecule has 34 heavy (non-hydrogen) atoms. The lowest BCUT2D eigenvalue weighted by atomic mass is 9.96. The zero-order valence-corrected chi connectivity index (χ0v) is 19.6. The Morgan fingerprint density at radius 3 is 2.62 bits per heavy atom. The van der Waals surface area contributed by atoms with Gasteiger partial charge in [-0.05, 0) is 29.3 Å². The average Bonchev–Trinajstić information content (AvgIpc) is 3.33. The van der Waals surface area contributed by atoms with Gasteiger partial charge in [0.05, 0.1) is 26.0 Å². The molecule has 3 heterocycles. The first-order valence-electron chi connectivity index (χ1n) is 11.0. The number of morpholine rings is 1. The first-order chi connectivity index (χ1) is 16.6. The van der Waals surface area contributed by atoms with Crippen LogP contribution in [0.3, 0.4) is 0 Å². The maximum Gasteiger partial charge on any atom is 0.204 e. The van der Waals surface area contributed by atoms with Gasteiger partial charge in [-0.25, -0.2) is 0 Å². The van der Waals surface area contributed by atoms with E-state index in [0.29, 0.717) is 48.2 Å². The van der Waals surface area contributed by atoms with E-state index in [9.17, 15) is 4.79 Å². The Kier molecular flexibility index (Phi) is 6.04. The van der Waals surface area contributed by atoms with Gasteiger partial charge in [-0.2, -0.15) is 0 Å². The molecule has 1 saturated heterocycles. The highest BCUT2D eigenvalue weighted by Crippen LogP contribution is 2.35. The van der Waals surface area contributed by atoms with Crippen molar-refractivity contribution in [2.24, 2.45) is 0 Å². The van der Waals surface area contributed by atoms with Crippen LogP contribution in [0.15, 0.2) is 69.7 Å². The molecular weight excluding hydrogens is 448 g/mol. The van der Waals surface area contributed by atoms with Gasteiger partial charge in [0.1, 0.15) is 10.4 Å². The number of nitrogens with zero attached hydrogens (tertiary/aromatic N) is 1. The van der Waals surface area contributed by atoms with Crippen molar-refractivity contribution in [3.63, 3.8) is 0 Å². The summed E-state index contributed by atoms with van der Waals surface area (Å²) in [6, 6.07) is 14.9. The molecule has 0 unspecified atom stereocenters. The number of thiophene rings is 1. The zero-order chi connectivity index (χ0) is 23.7. The zero-order valence-electron chi connectivity index (χ0n) is 18.8. The van der Waals surface area contributed by atoms with Gasteiger partial charge >= 0.3 is 0 Å². The lowest BCUT2D eigenvalue weighted by Crippen LogP contribution is -2.36. The molecule has 0 aliphatic carbocycles. The summed E-state index contributed by atoms with van der Waals surface area (Å²) < 4.78 is 17.5. The Balaban J connectivity index is 1.48. The fourth-order valence-corrected chi connectivity index (χ4v) is 5.02. The van der Waals surface area contributed by atoms with Crippen LogP contribution in [0.25, 0.3) is 27.5 Å². The van der Waals surface area contributed by atoms with Gasteiger partial charge in [-0.1, -0.05) is 36.9 Å².